The van der Waals surface area contributed by atoms with Gasteiger partial charge in [-0.1, -0.05) is 58.8 Å². The van der Waals surface area contributed by atoms with Crippen LogP contribution < -0.4 is 0 Å². The zero-order valence-electron chi connectivity index (χ0n) is 15.1. The van der Waals surface area contributed by atoms with Gasteiger partial charge in [0, 0.05) is 6.61 Å². The Bertz CT molecular complexity index is 326. The maximum Gasteiger partial charge on any atom is 0.0580 e. The van der Waals surface area contributed by atoms with E-state index in [1.807, 2.05) is 0 Å². The van der Waals surface area contributed by atoms with Crippen LogP contribution >= 0.6 is 0 Å². The Kier molecular flexibility index (Phi) is 6.24. The van der Waals surface area contributed by atoms with E-state index < -0.39 is 0 Å². The molecule has 0 N–H and O–H groups in total. The monoisotopic (exact) mass is 306 g/mol. The fourth-order valence-corrected chi connectivity index (χ4v) is 5.66. The van der Waals surface area contributed by atoms with Crippen LogP contribution in [0.4, 0.5) is 0 Å². The minimum atomic E-state index is 0.588. The van der Waals surface area contributed by atoms with Gasteiger partial charge in [0.15, 0.2) is 0 Å². The lowest BCUT2D eigenvalue weighted by Gasteiger charge is -2.37. The summed E-state index contributed by atoms with van der Waals surface area (Å²) in [7, 11) is 0. The van der Waals surface area contributed by atoms with Gasteiger partial charge in [-0.25, -0.2) is 0 Å². The Balaban J connectivity index is 1.44. The normalized spacial score (nSPS) is 43.9. The predicted octanol–water partition coefficient (Wildman–Crippen LogP) is 6.21. The molecule has 1 nitrogen and oxygen atoms in total. The number of ether oxygens (including phenoxy) is 1. The first kappa shape index (κ1) is 16.8. The first-order chi connectivity index (χ1) is 10.7. The minimum Gasteiger partial charge on any atom is -0.378 e. The fourth-order valence-electron chi connectivity index (χ4n) is 5.66. The Hall–Kier alpha value is -0.0400. The quantitative estimate of drug-likeness (QED) is 0.599. The molecule has 0 spiro atoms. The van der Waals surface area contributed by atoms with Crippen molar-refractivity contribution in [2.45, 2.75) is 97.0 Å². The Morgan fingerprint density at radius 3 is 2.41 bits per heavy atom. The van der Waals surface area contributed by atoms with Crippen LogP contribution in [0.2, 0.25) is 0 Å². The number of hydrogen-bond acceptors (Lipinski definition) is 1. The molecule has 0 bridgehead atoms. The minimum absolute atomic E-state index is 0.588. The van der Waals surface area contributed by atoms with Crippen LogP contribution in [0.1, 0.15) is 90.9 Å². The van der Waals surface area contributed by atoms with Gasteiger partial charge >= 0.3 is 0 Å². The van der Waals surface area contributed by atoms with Crippen molar-refractivity contribution in [3.63, 3.8) is 0 Å². The van der Waals surface area contributed by atoms with Crippen molar-refractivity contribution >= 4 is 0 Å². The summed E-state index contributed by atoms with van der Waals surface area (Å²) in [6, 6.07) is 0. The Labute approximate surface area is 138 Å². The lowest BCUT2D eigenvalue weighted by atomic mass is 9.74. The van der Waals surface area contributed by atoms with Crippen LogP contribution in [0.3, 0.4) is 0 Å². The van der Waals surface area contributed by atoms with Gasteiger partial charge in [-0.2, -0.15) is 0 Å². The van der Waals surface area contributed by atoms with Gasteiger partial charge in [-0.15, -0.1) is 0 Å². The van der Waals surface area contributed by atoms with E-state index in [0.717, 1.165) is 36.2 Å². The lowest BCUT2D eigenvalue weighted by Crippen LogP contribution is -2.31. The molecule has 0 aromatic heterocycles. The average Bonchev–Trinajstić information content (AvgIpc) is 2.50. The third-order valence-electron chi connectivity index (χ3n) is 7.04. The van der Waals surface area contributed by atoms with Crippen molar-refractivity contribution in [3.8, 4) is 0 Å². The van der Waals surface area contributed by atoms with E-state index in [1.54, 1.807) is 0 Å². The van der Waals surface area contributed by atoms with E-state index in [4.69, 9.17) is 4.74 Å². The van der Waals surface area contributed by atoms with Crippen LogP contribution in [0, 0.1) is 29.6 Å². The smallest absolute Gasteiger partial charge is 0.0580 e. The maximum absolute atomic E-state index is 6.17. The largest absolute Gasteiger partial charge is 0.378 e. The molecule has 1 saturated heterocycles. The van der Waals surface area contributed by atoms with E-state index >= 15 is 0 Å². The summed E-state index contributed by atoms with van der Waals surface area (Å²) >= 11 is 0. The third kappa shape index (κ3) is 4.73. The molecule has 22 heavy (non-hydrogen) atoms. The van der Waals surface area contributed by atoms with E-state index in [0.29, 0.717) is 6.10 Å². The molecule has 3 rings (SSSR count). The molecule has 1 heteroatoms. The molecule has 0 radical (unpaired) electrons. The number of rotatable bonds is 4. The molecule has 128 valence electrons. The van der Waals surface area contributed by atoms with Gasteiger partial charge in [-0.05, 0) is 61.7 Å². The van der Waals surface area contributed by atoms with Crippen molar-refractivity contribution in [1.82, 2.24) is 0 Å². The topological polar surface area (TPSA) is 9.23 Å². The molecule has 1 aliphatic heterocycles. The molecule has 3 aliphatic rings. The van der Waals surface area contributed by atoms with Gasteiger partial charge in [0.05, 0.1) is 6.10 Å². The highest BCUT2D eigenvalue weighted by Crippen LogP contribution is 2.39. The molecule has 6 atom stereocenters. The zero-order chi connectivity index (χ0) is 15.4. The van der Waals surface area contributed by atoms with E-state index in [1.165, 1.54) is 77.0 Å². The van der Waals surface area contributed by atoms with Crippen LogP contribution in [-0.2, 0) is 4.74 Å². The SMILES string of the molecule is CC1CCCC[C@@H]1CC1C[C@H](CC2CCC[C@@H](C)C2)CCO1. The van der Waals surface area contributed by atoms with Gasteiger partial charge in [0.25, 0.3) is 0 Å². The van der Waals surface area contributed by atoms with Gasteiger partial charge < -0.3 is 4.74 Å². The highest BCUT2D eigenvalue weighted by atomic mass is 16.5. The van der Waals surface area contributed by atoms with E-state index in [-0.39, 0.29) is 0 Å². The second-order valence-corrected chi connectivity index (χ2v) is 9.01. The summed E-state index contributed by atoms with van der Waals surface area (Å²) in [6.07, 6.45) is 18.0. The lowest BCUT2D eigenvalue weighted by molar-refractivity contribution is -0.0342. The predicted molar refractivity (Wildman–Crippen MR) is 93.9 cm³/mol. The van der Waals surface area contributed by atoms with Crippen molar-refractivity contribution in [2.75, 3.05) is 6.61 Å². The third-order valence-corrected chi connectivity index (χ3v) is 7.04. The molecular weight excluding hydrogens is 268 g/mol. The van der Waals surface area contributed by atoms with Crippen LogP contribution in [0.15, 0.2) is 0 Å². The van der Waals surface area contributed by atoms with E-state index in [2.05, 4.69) is 13.8 Å². The summed E-state index contributed by atoms with van der Waals surface area (Å²) in [5, 5.41) is 0. The summed E-state index contributed by atoms with van der Waals surface area (Å²) < 4.78 is 6.17. The van der Waals surface area contributed by atoms with Gasteiger partial charge in [0.1, 0.15) is 0 Å². The molecule has 0 aromatic rings. The second-order valence-electron chi connectivity index (χ2n) is 9.01. The maximum atomic E-state index is 6.17. The first-order valence-corrected chi connectivity index (χ1v) is 10.3. The van der Waals surface area contributed by atoms with Crippen LogP contribution in [-0.4, -0.2) is 12.7 Å². The van der Waals surface area contributed by atoms with Crippen molar-refractivity contribution in [1.29, 1.82) is 0 Å². The fraction of sp³-hybridized carbons (Fsp3) is 1.00. The summed E-state index contributed by atoms with van der Waals surface area (Å²) in [5.41, 5.74) is 0. The van der Waals surface area contributed by atoms with Crippen molar-refractivity contribution in [2.24, 2.45) is 29.6 Å². The zero-order valence-corrected chi connectivity index (χ0v) is 15.1. The molecule has 2 aliphatic carbocycles. The van der Waals surface area contributed by atoms with Crippen molar-refractivity contribution in [3.05, 3.63) is 0 Å². The van der Waals surface area contributed by atoms with Crippen LogP contribution in [0.25, 0.3) is 0 Å². The summed E-state index contributed by atoms with van der Waals surface area (Å²) in [6.45, 7) is 5.98. The molecule has 1 heterocycles. The van der Waals surface area contributed by atoms with Crippen LogP contribution in [0.5, 0.6) is 0 Å². The first-order valence-electron chi connectivity index (χ1n) is 10.3. The van der Waals surface area contributed by atoms with Gasteiger partial charge in [0.2, 0.25) is 0 Å². The highest BCUT2D eigenvalue weighted by molar-refractivity contribution is 4.81. The summed E-state index contributed by atoms with van der Waals surface area (Å²) in [4.78, 5) is 0. The standard InChI is InChI=1S/C21H38O/c1-16-6-5-8-18(12-16)13-19-10-11-22-21(14-19)15-20-9-4-3-7-17(20)2/h16-21H,3-15H2,1-2H3/t16-,17?,18?,19+,20-,21?/m1/s1. The van der Waals surface area contributed by atoms with Gasteiger partial charge in [-0.3, -0.25) is 0 Å². The second kappa shape index (κ2) is 8.18. The molecular formula is C21H38O. The molecule has 0 aromatic carbocycles. The summed E-state index contributed by atoms with van der Waals surface area (Å²) in [5.74, 6) is 4.87. The highest BCUT2D eigenvalue weighted by Gasteiger charge is 2.30. The van der Waals surface area contributed by atoms with E-state index in [9.17, 15) is 0 Å². The number of hydrogen-bond donors (Lipinski definition) is 0. The Morgan fingerprint density at radius 2 is 1.59 bits per heavy atom. The molecule has 3 unspecified atom stereocenters. The Morgan fingerprint density at radius 1 is 0.773 bits per heavy atom. The molecule has 0 amide bonds. The molecule has 3 fully saturated rings. The average molecular weight is 307 g/mol. The molecule has 2 saturated carbocycles. The van der Waals surface area contributed by atoms with Crippen molar-refractivity contribution < 1.29 is 4.74 Å².